The standard InChI is InChI=1S/C8H17NO2/c10-6-8(11)5-7-1-3-9-4-2-7/h7-11H,1-6H2. The minimum absolute atomic E-state index is 0.0933. The average Bonchev–Trinajstić information content (AvgIpc) is 2.06. The number of hydrogen-bond donors (Lipinski definition) is 3. The van der Waals surface area contributed by atoms with Crippen molar-refractivity contribution in [2.45, 2.75) is 25.4 Å². The van der Waals surface area contributed by atoms with Gasteiger partial charge in [-0.2, -0.15) is 0 Å². The molecule has 66 valence electrons. The van der Waals surface area contributed by atoms with Gasteiger partial charge < -0.3 is 15.5 Å². The first-order valence-electron chi connectivity index (χ1n) is 4.32. The lowest BCUT2D eigenvalue weighted by Crippen LogP contribution is -2.30. The molecule has 0 radical (unpaired) electrons. The third kappa shape index (κ3) is 3.18. The number of aliphatic hydroxyl groups excluding tert-OH is 2. The van der Waals surface area contributed by atoms with E-state index in [0.717, 1.165) is 32.4 Å². The van der Waals surface area contributed by atoms with E-state index in [9.17, 15) is 0 Å². The fraction of sp³-hybridized carbons (Fsp3) is 1.00. The molecule has 3 heteroatoms. The quantitative estimate of drug-likeness (QED) is 0.531. The maximum absolute atomic E-state index is 9.14. The molecule has 1 fully saturated rings. The van der Waals surface area contributed by atoms with Gasteiger partial charge in [-0.1, -0.05) is 0 Å². The van der Waals surface area contributed by atoms with E-state index < -0.39 is 6.10 Å². The van der Waals surface area contributed by atoms with Crippen molar-refractivity contribution in [3.05, 3.63) is 0 Å². The summed E-state index contributed by atoms with van der Waals surface area (Å²) in [7, 11) is 0. The summed E-state index contributed by atoms with van der Waals surface area (Å²) in [6, 6.07) is 0. The van der Waals surface area contributed by atoms with Gasteiger partial charge in [0.1, 0.15) is 0 Å². The fourth-order valence-electron chi connectivity index (χ4n) is 1.58. The average molecular weight is 159 g/mol. The van der Waals surface area contributed by atoms with Crippen LogP contribution in [0.5, 0.6) is 0 Å². The second-order valence-electron chi connectivity index (χ2n) is 3.27. The molecule has 1 atom stereocenters. The third-order valence-electron chi connectivity index (χ3n) is 2.27. The van der Waals surface area contributed by atoms with Crippen LogP contribution in [-0.4, -0.2) is 36.0 Å². The number of aliphatic hydroxyl groups is 2. The maximum atomic E-state index is 9.14. The van der Waals surface area contributed by atoms with Gasteiger partial charge in [0.2, 0.25) is 0 Å². The Morgan fingerprint density at radius 3 is 2.55 bits per heavy atom. The van der Waals surface area contributed by atoms with Crippen molar-refractivity contribution >= 4 is 0 Å². The molecule has 0 aromatic heterocycles. The van der Waals surface area contributed by atoms with E-state index in [-0.39, 0.29) is 6.61 Å². The molecule has 1 rings (SSSR count). The fourth-order valence-corrected chi connectivity index (χ4v) is 1.58. The molecular weight excluding hydrogens is 142 g/mol. The number of piperidine rings is 1. The summed E-state index contributed by atoms with van der Waals surface area (Å²) < 4.78 is 0. The largest absolute Gasteiger partial charge is 0.394 e. The van der Waals surface area contributed by atoms with E-state index in [0.29, 0.717) is 5.92 Å². The van der Waals surface area contributed by atoms with E-state index in [1.54, 1.807) is 0 Å². The Balaban J connectivity index is 2.13. The van der Waals surface area contributed by atoms with Crippen LogP contribution >= 0.6 is 0 Å². The Morgan fingerprint density at radius 2 is 2.00 bits per heavy atom. The molecule has 1 heterocycles. The topological polar surface area (TPSA) is 52.5 Å². The van der Waals surface area contributed by atoms with Gasteiger partial charge in [0.15, 0.2) is 0 Å². The Hall–Kier alpha value is -0.120. The van der Waals surface area contributed by atoms with Crippen LogP contribution in [0.1, 0.15) is 19.3 Å². The highest BCUT2D eigenvalue weighted by molar-refractivity contribution is 4.71. The molecule has 1 unspecified atom stereocenters. The van der Waals surface area contributed by atoms with Gasteiger partial charge in [-0.3, -0.25) is 0 Å². The van der Waals surface area contributed by atoms with E-state index in [1.165, 1.54) is 0 Å². The Kier molecular flexibility index (Phi) is 3.83. The van der Waals surface area contributed by atoms with Crippen LogP contribution in [0.4, 0.5) is 0 Å². The Morgan fingerprint density at radius 1 is 1.36 bits per heavy atom. The van der Waals surface area contributed by atoms with Gasteiger partial charge in [-0.05, 0) is 38.3 Å². The molecule has 0 amide bonds. The minimum atomic E-state index is -0.502. The lowest BCUT2D eigenvalue weighted by molar-refractivity contribution is 0.0692. The van der Waals surface area contributed by atoms with Gasteiger partial charge >= 0.3 is 0 Å². The van der Waals surface area contributed by atoms with Gasteiger partial charge in [-0.15, -0.1) is 0 Å². The van der Waals surface area contributed by atoms with Crippen molar-refractivity contribution in [3.8, 4) is 0 Å². The van der Waals surface area contributed by atoms with Crippen LogP contribution in [0.2, 0.25) is 0 Å². The molecule has 1 aliphatic heterocycles. The summed E-state index contributed by atoms with van der Waals surface area (Å²) in [6.07, 6.45) is 2.53. The van der Waals surface area contributed by atoms with Crippen LogP contribution in [0.3, 0.4) is 0 Å². The number of nitrogens with one attached hydrogen (secondary N) is 1. The van der Waals surface area contributed by atoms with Gasteiger partial charge in [0, 0.05) is 0 Å². The van der Waals surface area contributed by atoms with E-state index >= 15 is 0 Å². The zero-order chi connectivity index (χ0) is 8.10. The van der Waals surface area contributed by atoms with Gasteiger partial charge in [0.25, 0.3) is 0 Å². The lowest BCUT2D eigenvalue weighted by atomic mass is 9.92. The highest BCUT2D eigenvalue weighted by atomic mass is 16.3. The van der Waals surface area contributed by atoms with E-state index in [4.69, 9.17) is 10.2 Å². The zero-order valence-corrected chi connectivity index (χ0v) is 6.79. The summed E-state index contributed by atoms with van der Waals surface area (Å²) in [6.45, 7) is 2.02. The maximum Gasteiger partial charge on any atom is 0.0773 e. The first-order chi connectivity index (χ1) is 5.33. The molecule has 0 aromatic rings. The predicted molar refractivity (Wildman–Crippen MR) is 43.3 cm³/mol. The SMILES string of the molecule is OCC(O)CC1CCNCC1. The van der Waals surface area contributed by atoms with E-state index in [1.807, 2.05) is 0 Å². The van der Waals surface area contributed by atoms with Crippen LogP contribution in [0, 0.1) is 5.92 Å². The zero-order valence-electron chi connectivity index (χ0n) is 6.79. The number of hydrogen-bond acceptors (Lipinski definition) is 3. The van der Waals surface area contributed by atoms with Gasteiger partial charge in [0.05, 0.1) is 12.7 Å². The molecule has 1 saturated heterocycles. The second kappa shape index (κ2) is 4.70. The summed E-state index contributed by atoms with van der Waals surface area (Å²) in [5.41, 5.74) is 0. The third-order valence-corrected chi connectivity index (χ3v) is 2.27. The van der Waals surface area contributed by atoms with Crippen LogP contribution in [0.15, 0.2) is 0 Å². The molecule has 3 nitrogen and oxygen atoms in total. The lowest BCUT2D eigenvalue weighted by Gasteiger charge is -2.23. The molecule has 11 heavy (non-hydrogen) atoms. The second-order valence-corrected chi connectivity index (χ2v) is 3.27. The molecule has 0 aromatic carbocycles. The van der Waals surface area contributed by atoms with Crippen molar-refractivity contribution in [1.82, 2.24) is 5.32 Å². The molecule has 3 N–H and O–H groups in total. The molecule has 0 saturated carbocycles. The van der Waals surface area contributed by atoms with Crippen molar-refractivity contribution < 1.29 is 10.2 Å². The van der Waals surface area contributed by atoms with Crippen molar-refractivity contribution in [2.24, 2.45) is 5.92 Å². The Bertz CT molecular complexity index is 102. The Labute approximate surface area is 67.4 Å². The molecule has 0 bridgehead atoms. The normalized spacial score (nSPS) is 23.5. The summed E-state index contributed by atoms with van der Waals surface area (Å²) in [5.74, 6) is 0.610. The molecule has 0 spiro atoms. The van der Waals surface area contributed by atoms with Crippen LogP contribution < -0.4 is 5.32 Å². The minimum Gasteiger partial charge on any atom is -0.394 e. The smallest absolute Gasteiger partial charge is 0.0773 e. The summed E-state index contributed by atoms with van der Waals surface area (Å²) in [5, 5.41) is 21.0. The van der Waals surface area contributed by atoms with E-state index in [2.05, 4.69) is 5.32 Å². The number of rotatable bonds is 3. The highest BCUT2D eigenvalue weighted by Gasteiger charge is 2.16. The molecule has 1 aliphatic rings. The summed E-state index contributed by atoms with van der Waals surface area (Å²) in [4.78, 5) is 0. The van der Waals surface area contributed by atoms with Crippen molar-refractivity contribution in [3.63, 3.8) is 0 Å². The van der Waals surface area contributed by atoms with Crippen molar-refractivity contribution in [2.75, 3.05) is 19.7 Å². The first-order valence-corrected chi connectivity index (χ1v) is 4.32. The van der Waals surface area contributed by atoms with Crippen LogP contribution in [0.25, 0.3) is 0 Å². The van der Waals surface area contributed by atoms with Gasteiger partial charge in [-0.25, -0.2) is 0 Å². The predicted octanol–water partition coefficient (Wildman–Crippen LogP) is -0.271. The first kappa shape index (κ1) is 8.97. The molecular formula is C8H17NO2. The monoisotopic (exact) mass is 159 g/mol. The van der Waals surface area contributed by atoms with Crippen molar-refractivity contribution in [1.29, 1.82) is 0 Å². The highest BCUT2D eigenvalue weighted by Crippen LogP contribution is 2.17. The summed E-state index contributed by atoms with van der Waals surface area (Å²) >= 11 is 0. The van der Waals surface area contributed by atoms with Crippen LogP contribution in [-0.2, 0) is 0 Å². The molecule has 0 aliphatic carbocycles.